The van der Waals surface area contributed by atoms with Crippen LogP contribution in [0.2, 0.25) is 0 Å². The van der Waals surface area contributed by atoms with E-state index in [4.69, 9.17) is 18.9 Å². The number of fused-ring (bicyclic) bond motifs is 2. The highest BCUT2D eigenvalue weighted by atomic mass is 35.5. The highest BCUT2D eigenvalue weighted by molar-refractivity contribution is 5.73. The van der Waals surface area contributed by atoms with Crippen LogP contribution in [-0.2, 0) is 32.0 Å². The Bertz CT molecular complexity index is 1510. The third-order valence-electron chi connectivity index (χ3n) is 8.83. The first-order valence-electron chi connectivity index (χ1n) is 15.5. The number of hydrogen-bond donors (Lipinski definition) is 4. The van der Waals surface area contributed by atoms with E-state index >= 15 is 0 Å². The van der Waals surface area contributed by atoms with Gasteiger partial charge in [0.05, 0.1) is 19.7 Å². The summed E-state index contributed by atoms with van der Waals surface area (Å²) in [5.41, 5.74) is 9.77. The fourth-order valence-corrected chi connectivity index (χ4v) is 5.92. The van der Waals surface area contributed by atoms with Crippen molar-refractivity contribution in [3.05, 3.63) is 59.2 Å². The Hall–Kier alpha value is -2.28. The number of unbranched alkanes of at least 4 members (excludes halogenated alkanes) is 2. The second-order valence-corrected chi connectivity index (χ2v) is 11.9. The lowest BCUT2D eigenvalue weighted by atomic mass is 9.98. The molecule has 0 amide bonds. The molecule has 10 nitrogen and oxygen atoms in total. The van der Waals surface area contributed by atoms with Crippen LogP contribution in [0.3, 0.4) is 0 Å². The summed E-state index contributed by atoms with van der Waals surface area (Å²) in [6.45, 7) is 10.8. The maximum atomic E-state index is 11.0. The highest BCUT2D eigenvalue weighted by Crippen LogP contribution is 2.27. The average molecular weight is 668 g/mol. The summed E-state index contributed by atoms with van der Waals surface area (Å²) in [7, 11) is 1.54. The number of aryl methyl sites for hydroxylation is 6. The number of methoxy groups -OCH3 is 1. The van der Waals surface area contributed by atoms with Gasteiger partial charge >= 0.3 is 0 Å². The van der Waals surface area contributed by atoms with E-state index < -0.39 is 30.7 Å². The second-order valence-electron chi connectivity index (χ2n) is 11.9. The Morgan fingerprint density at radius 2 is 1.20 bits per heavy atom. The van der Waals surface area contributed by atoms with E-state index in [1.165, 1.54) is 33.3 Å². The van der Waals surface area contributed by atoms with E-state index in [0.29, 0.717) is 13.2 Å². The first kappa shape index (κ1) is 37.2. The van der Waals surface area contributed by atoms with Crippen LogP contribution in [0.25, 0.3) is 22.1 Å². The monoisotopic (exact) mass is 666 g/mol. The molecule has 0 bridgehead atoms. The van der Waals surface area contributed by atoms with Gasteiger partial charge in [-0.1, -0.05) is 0 Å². The van der Waals surface area contributed by atoms with Crippen molar-refractivity contribution < 1.29 is 63.1 Å². The predicted molar refractivity (Wildman–Crippen MR) is 163 cm³/mol. The lowest BCUT2D eigenvalue weighted by Crippen LogP contribution is -3.00. The van der Waals surface area contributed by atoms with Gasteiger partial charge in [-0.05, 0) is 99.9 Å². The lowest BCUT2D eigenvalue weighted by molar-refractivity contribution is -0.671. The van der Waals surface area contributed by atoms with E-state index in [0.717, 1.165) is 49.8 Å². The summed E-state index contributed by atoms with van der Waals surface area (Å²) in [6, 6.07) is 8.82. The van der Waals surface area contributed by atoms with Crippen LogP contribution in [-0.4, -0.2) is 77.8 Å². The zero-order chi connectivity index (χ0) is 30.5. The molecule has 4 aromatic rings. The third kappa shape index (κ3) is 8.55. The lowest BCUT2D eigenvalue weighted by Gasteiger charge is -2.43. The number of benzene rings is 2. The maximum Gasteiger partial charge on any atom is 0.242 e. The number of nitrogens with one attached hydrogen (secondary N) is 2. The first-order valence-corrected chi connectivity index (χ1v) is 15.5. The summed E-state index contributed by atoms with van der Waals surface area (Å²) < 4.78 is 28.3. The summed E-state index contributed by atoms with van der Waals surface area (Å²) in [6.07, 6.45) is 3.67. The Morgan fingerprint density at radius 1 is 0.733 bits per heavy atom. The molecule has 1 aliphatic rings. The number of aliphatic hydroxyl groups is 2. The van der Waals surface area contributed by atoms with E-state index in [-0.39, 0.29) is 31.4 Å². The van der Waals surface area contributed by atoms with E-state index in [2.05, 4.69) is 71.1 Å². The minimum Gasteiger partial charge on any atom is -1.00 e. The summed E-state index contributed by atoms with van der Waals surface area (Å²) in [4.78, 5) is 6.72. The van der Waals surface area contributed by atoms with Gasteiger partial charge in [0.25, 0.3) is 0 Å². The minimum atomic E-state index is -1.02. The predicted octanol–water partition coefficient (Wildman–Crippen LogP) is -2.78. The topological polar surface area (TPSA) is 117 Å². The van der Waals surface area contributed by atoms with Crippen molar-refractivity contribution in [3.8, 4) is 0 Å². The van der Waals surface area contributed by atoms with Crippen molar-refractivity contribution >= 4 is 22.1 Å². The largest absolute Gasteiger partial charge is 1.00 e. The molecule has 1 saturated heterocycles. The van der Waals surface area contributed by atoms with Gasteiger partial charge in [0, 0.05) is 20.3 Å². The van der Waals surface area contributed by atoms with Crippen LogP contribution < -0.4 is 33.9 Å². The fourth-order valence-electron chi connectivity index (χ4n) is 5.92. The number of halogens is 2. The molecule has 0 unspecified atom stereocenters. The molecule has 250 valence electrons. The Balaban J connectivity index is 0.00000276. The molecule has 0 radical (unpaired) electrons. The van der Waals surface area contributed by atoms with Crippen LogP contribution in [0.5, 0.6) is 0 Å². The van der Waals surface area contributed by atoms with Crippen molar-refractivity contribution in [1.29, 1.82) is 0 Å². The summed E-state index contributed by atoms with van der Waals surface area (Å²) in [5, 5.41) is 20.8. The zero-order valence-electron chi connectivity index (χ0n) is 26.9. The summed E-state index contributed by atoms with van der Waals surface area (Å²) >= 11 is 0. The molecule has 0 aliphatic carbocycles. The number of H-pyrrole nitrogens is 2. The second kappa shape index (κ2) is 17.0. The van der Waals surface area contributed by atoms with E-state index in [1.807, 2.05) is 12.7 Å². The van der Waals surface area contributed by atoms with Crippen LogP contribution in [0.1, 0.15) is 47.9 Å². The van der Waals surface area contributed by atoms with Crippen molar-refractivity contribution in [2.75, 3.05) is 26.9 Å². The molecule has 0 spiro atoms. The smallest absolute Gasteiger partial charge is 0.242 e. The molecule has 5 atom stereocenters. The van der Waals surface area contributed by atoms with E-state index in [9.17, 15) is 10.2 Å². The number of imidazole rings is 2. The molecule has 1 aliphatic heterocycles. The van der Waals surface area contributed by atoms with Crippen LogP contribution in [0.15, 0.2) is 36.9 Å². The molecule has 2 aromatic carbocycles. The standard InChI is InChI=1S/C33H46N4O6.2ClH/c1-21-14-25-27(16-23(21)3)36(19-34-25)10-6-8-12-41-31-30(39)29(18-38)43-33(40-5)32(31)42-13-9-7-11-37-20-35-26-15-22(2)24(4)17-28(26)37;;/h14-17,19-20,29-33,38-39H,6-13,18H2,1-5H3;2*1H/t29-,30-,31+,32-,33+;;/m1../s1. The van der Waals surface area contributed by atoms with Gasteiger partial charge in [0.15, 0.2) is 28.4 Å². The molecule has 1 fully saturated rings. The van der Waals surface area contributed by atoms with Gasteiger partial charge < -0.3 is 54.0 Å². The molecule has 2 aromatic heterocycles. The molecular weight excluding hydrogens is 619 g/mol. The summed E-state index contributed by atoms with van der Waals surface area (Å²) in [5.74, 6) is 0. The molecular formula is C33H48Cl2N4O6. The van der Waals surface area contributed by atoms with Gasteiger partial charge in [-0.2, -0.15) is 0 Å². The van der Waals surface area contributed by atoms with Crippen molar-refractivity contribution in [3.63, 3.8) is 0 Å². The number of aromatic amines is 2. The van der Waals surface area contributed by atoms with E-state index in [1.54, 1.807) is 7.11 Å². The Kier molecular flexibility index (Phi) is 14.1. The van der Waals surface area contributed by atoms with Gasteiger partial charge in [0.1, 0.15) is 24.4 Å². The normalized spacial score (nSPS) is 21.6. The maximum absolute atomic E-state index is 11.0. The molecule has 0 saturated carbocycles. The quantitative estimate of drug-likeness (QED) is 0.0855. The molecule has 3 heterocycles. The number of aliphatic hydroxyl groups excluding tert-OH is 2. The fraction of sp³-hybridized carbons (Fsp3) is 0.576. The van der Waals surface area contributed by atoms with Gasteiger partial charge in [0.2, 0.25) is 12.7 Å². The number of nitrogens with zero attached hydrogens (tertiary/aromatic N) is 2. The first-order chi connectivity index (χ1) is 20.8. The SMILES string of the molecule is CO[C@H]1O[C@H](CO)[C@@H](O)[C@H](OCCCC[n+]2c[nH]c3cc(C)c(C)cc32)[C@H]1OCCCC[n+]1c[nH]c2cc(C)c(C)cc21.[Cl-].[Cl-]. The van der Waals surface area contributed by atoms with Crippen molar-refractivity contribution in [2.24, 2.45) is 0 Å². The third-order valence-corrected chi connectivity index (χ3v) is 8.83. The van der Waals surface area contributed by atoms with Crippen molar-refractivity contribution in [2.45, 2.75) is 97.2 Å². The zero-order valence-corrected chi connectivity index (χ0v) is 28.4. The van der Waals surface area contributed by atoms with Crippen LogP contribution in [0.4, 0.5) is 0 Å². The number of rotatable bonds is 14. The molecule has 45 heavy (non-hydrogen) atoms. The highest BCUT2D eigenvalue weighted by Gasteiger charge is 2.46. The Morgan fingerprint density at radius 3 is 1.67 bits per heavy atom. The molecule has 4 N–H and O–H groups in total. The van der Waals surface area contributed by atoms with Crippen LogP contribution >= 0.6 is 0 Å². The van der Waals surface area contributed by atoms with Gasteiger partial charge in [-0.15, -0.1) is 0 Å². The van der Waals surface area contributed by atoms with Gasteiger partial charge in [-0.3, -0.25) is 0 Å². The van der Waals surface area contributed by atoms with Crippen LogP contribution in [0, 0.1) is 27.7 Å². The average Bonchev–Trinajstić information content (AvgIpc) is 3.57. The minimum absolute atomic E-state index is 0. The molecule has 5 rings (SSSR count). The molecule has 12 heteroatoms. The van der Waals surface area contributed by atoms with Gasteiger partial charge in [-0.25, -0.2) is 19.1 Å². The Labute approximate surface area is 277 Å². The van der Waals surface area contributed by atoms with Crippen molar-refractivity contribution in [1.82, 2.24) is 9.97 Å². The number of hydrogen-bond acceptors (Lipinski definition) is 6. The number of aromatic nitrogens is 4. The number of ether oxygens (including phenoxy) is 4.